The molecule has 2 aliphatic rings. The van der Waals surface area contributed by atoms with E-state index >= 15 is 0 Å². The minimum Gasteiger partial charge on any atom is -0.493 e. The van der Waals surface area contributed by atoms with Gasteiger partial charge in [0.15, 0.2) is 11.5 Å². The summed E-state index contributed by atoms with van der Waals surface area (Å²) >= 11 is 0. The highest BCUT2D eigenvalue weighted by atomic mass is 19.1. The van der Waals surface area contributed by atoms with Crippen LogP contribution in [0.2, 0.25) is 0 Å². The molecule has 4 atom stereocenters. The Morgan fingerprint density at radius 1 is 1.04 bits per heavy atom. The molecule has 4 N–H and O–H groups in total. The Bertz CT molecular complexity index is 1920. The van der Waals surface area contributed by atoms with Crippen LogP contribution in [0.25, 0.3) is 11.0 Å². The highest BCUT2D eigenvalue weighted by Crippen LogP contribution is 2.51. The van der Waals surface area contributed by atoms with Crippen molar-refractivity contribution < 1.29 is 43.2 Å². The zero-order valence-corrected chi connectivity index (χ0v) is 25.4. The van der Waals surface area contributed by atoms with Crippen molar-refractivity contribution in [2.24, 2.45) is 0 Å². The van der Waals surface area contributed by atoms with E-state index in [0.717, 1.165) is 0 Å². The summed E-state index contributed by atoms with van der Waals surface area (Å²) in [4.78, 5) is 42.3. The van der Waals surface area contributed by atoms with Crippen molar-refractivity contribution in [3.8, 4) is 11.5 Å². The number of rotatable bonds is 10. The summed E-state index contributed by atoms with van der Waals surface area (Å²) in [5.41, 5.74) is 0.804. The molecule has 6 rings (SSSR count). The van der Waals surface area contributed by atoms with Gasteiger partial charge in [-0.25, -0.2) is 9.18 Å². The standard InChI is InChI=1S/C35H33FN2O9/c1-45-28-15-20(18-40)14-23-29-24(33(42)37-10-12-39)17-26(30(41)32(29)47-31(23)28)38(11-9-19-5-4-7-22(36)13-19)34(43)25-16-21-6-2-3-8-27(21)46-35(25)44/h2-8,13-17,26,29-30,32,39-41H,9-12,18H2,1H3,(H,37,42)/t26-,29+,30+,32+/m1/s1. The molecule has 244 valence electrons. The van der Waals surface area contributed by atoms with Crippen molar-refractivity contribution in [3.63, 3.8) is 0 Å². The van der Waals surface area contributed by atoms with Crippen molar-refractivity contribution in [2.75, 3.05) is 26.8 Å². The second kappa shape index (κ2) is 13.4. The lowest BCUT2D eigenvalue weighted by Crippen LogP contribution is -2.56. The minimum atomic E-state index is -1.42. The summed E-state index contributed by atoms with van der Waals surface area (Å²) in [6.45, 7) is -0.793. The molecule has 0 fully saturated rings. The molecule has 2 heterocycles. The lowest BCUT2D eigenvalue weighted by molar-refractivity contribution is -0.118. The predicted molar refractivity (Wildman–Crippen MR) is 168 cm³/mol. The molecular formula is C35H33FN2O9. The van der Waals surface area contributed by atoms with E-state index in [1.165, 1.54) is 42.4 Å². The van der Waals surface area contributed by atoms with Crippen LogP contribution in [0.1, 0.15) is 33.0 Å². The van der Waals surface area contributed by atoms with Gasteiger partial charge in [-0.3, -0.25) is 9.59 Å². The largest absolute Gasteiger partial charge is 0.493 e. The molecule has 0 bridgehead atoms. The van der Waals surface area contributed by atoms with Gasteiger partial charge in [0.1, 0.15) is 29.2 Å². The van der Waals surface area contributed by atoms with Crippen LogP contribution in [-0.2, 0) is 17.8 Å². The number of aliphatic hydroxyl groups is 3. The fraction of sp³-hybridized carbons (Fsp3) is 0.286. The molecule has 3 aromatic carbocycles. The topological polar surface area (TPSA) is 159 Å². The number of benzene rings is 3. The first-order valence-electron chi connectivity index (χ1n) is 15.1. The average Bonchev–Trinajstić information content (AvgIpc) is 3.47. The molecule has 0 radical (unpaired) electrons. The number of carbonyl (C=O) groups excluding carboxylic acids is 2. The number of nitrogens with one attached hydrogen (secondary N) is 1. The van der Waals surface area contributed by atoms with Crippen LogP contribution >= 0.6 is 0 Å². The van der Waals surface area contributed by atoms with Crippen molar-refractivity contribution in [1.82, 2.24) is 10.2 Å². The number of halogens is 1. The van der Waals surface area contributed by atoms with E-state index in [4.69, 9.17) is 13.9 Å². The summed E-state index contributed by atoms with van der Waals surface area (Å²) < 4.78 is 31.3. The second-order valence-electron chi connectivity index (χ2n) is 11.4. The highest BCUT2D eigenvalue weighted by Gasteiger charge is 2.51. The highest BCUT2D eigenvalue weighted by molar-refractivity contribution is 5.98. The van der Waals surface area contributed by atoms with Gasteiger partial charge in [0.2, 0.25) is 5.91 Å². The van der Waals surface area contributed by atoms with Gasteiger partial charge in [0, 0.05) is 29.6 Å². The van der Waals surface area contributed by atoms with E-state index in [1.54, 1.807) is 42.5 Å². The number of fused-ring (bicyclic) bond motifs is 4. The van der Waals surface area contributed by atoms with Gasteiger partial charge in [-0.15, -0.1) is 0 Å². The third kappa shape index (κ3) is 6.10. The molecule has 0 spiro atoms. The van der Waals surface area contributed by atoms with E-state index in [2.05, 4.69) is 5.32 Å². The first-order chi connectivity index (χ1) is 22.7. The molecule has 4 aromatic rings. The van der Waals surface area contributed by atoms with E-state index < -0.39 is 47.4 Å². The van der Waals surface area contributed by atoms with Crippen LogP contribution < -0.4 is 20.4 Å². The maximum atomic E-state index is 14.3. The maximum absolute atomic E-state index is 14.3. The third-order valence-corrected chi connectivity index (χ3v) is 8.52. The first kappa shape index (κ1) is 31.9. The Morgan fingerprint density at radius 2 is 1.85 bits per heavy atom. The van der Waals surface area contributed by atoms with Gasteiger partial charge in [-0.2, -0.15) is 0 Å². The summed E-state index contributed by atoms with van der Waals surface area (Å²) in [5.74, 6) is -2.09. The number of nitrogens with zero attached hydrogens (tertiary/aromatic N) is 1. The molecule has 47 heavy (non-hydrogen) atoms. The molecule has 0 unspecified atom stereocenters. The molecule has 0 saturated carbocycles. The fourth-order valence-electron chi connectivity index (χ4n) is 6.31. The molecule has 1 aliphatic heterocycles. The normalized spacial score (nSPS) is 19.7. The van der Waals surface area contributed by atoms with Gasteiger partial charge in [0.05, 0.1) is 32.3 Å². The third-order valence-electron chi connectivity index (χ3n) is 8.52. The monoisotopic (exact) mass is 644 g/mol. The van der Waals surface area contributed by atoms with E-state index in [1.807, 2.05) is 0 Å². The quantitative estimate of drug-likeness (QED) is 0.190. The van der Waals surface area contributed by atoms with Crippen molar-refractivity contribution in [2.45, 2.75) is 37.2 Å². The number of ether oxygens (including phenoxy) is 2. The summed E-state index contributed by atoms with van der Waals surface area (Å²) in [5, 5.41) is 34.4. The molecule has 2 amide bonds. The van der Waals surface area contributed by atoms with Crippen LogP contribution in [0.5, 0.6) is 11.5 Å². The molecule has 12 heteroatoms. The zero-order chi connectivity index (χ0) is 33.2. The van der Waals surface area contributed by atoms with Crippen LogP contribution in [-0.4, -0.2) is 77.1 Å². The van der Waals surface area contributed by atoms with Crippen LogP contribution in [0.4, 0.5) is 4.39 Å². The Balaban J connectivity index is 1.47. The number of hydrogen-bond donors (Lipinski definition) is 4. The SMILES string of the molecule is COc1cc(CO)cc2c1O[C@@H]1[C@@H](O)[C@H](N(CCc3cccc(F)c3)C(=O)c3cc4ccccc4oc3=O)C=C(C(=O)NCCO)[C@H]21. The Kier molecular flexibility index (Phi) is 9.08. The van der Waals surface area contributed by atoms with E-state index in [9.17, 15) is 34.1 Å². The number of hydrogen-bond acceptors (Lipinski definition) is 9. The number of methoxy groups -OCH3 is 1. The maximum Gasteiger partial charge on any atom is 0.349 e. The van der Waals surface area contributed by atoms with Gasteiger partial charge in [-0.05, 0) is 60.0 Å². The van der Waals surface area contributed by atoms with Crippen LogP contribution in [0, 0.1) is 5.82 Å². The van der Waals surface area contributed by atoms with Crippen LogP contribution in [0.15, 0.2) is 87.6 Å². The molecule has 1 aliphatic carbocycles. The van der Waals surface area contributed by atoms with Crippen LogP contribution in [0.3, 0.4) is 0 Å². The first-order valence-corrected chi connectivity index (χ1v) is 15.1. The molecular weight excluding hydrogens is 611 g/mol. The molecule has 0 saturated heterocycles. The Morgan fingerprint density at radius 3 is 2.60 bits per heavy atom. The van der Waals surface area contributed by atoms with Gasteiger partial charge in [-0.1, -0.05) is 30.3 Å². The van der Waals surface area contributed by atoms with Gasteiger partial charge in [0.25, 0.3) is 5.91 Å². The summed E-state index contributed by atoms with van der Waals surface area (Å²) in [7, 11) is 1.42. The van der Waals surface area contributed by atoms with Crippen molar-refractivity contribution in [3.05, 3.63) is 117 Å². The molecule has 11 nitrogen and oxygen atoms in total. The number of amides is 2. The second-order valence-corrected chi connectivity index (χ2v) is 11.4. The van der Waals surface area contributed by atoms with Gasteiger partial charge >= 0.3 is 5.63 Å². The number of carbonyl (C=O) groups is 2. The zero-order valence-electron chi connectivity index (χ0n) is 25.4. The van der Waals surface area contributed by atoms with E-state index in [-0.39, 0.29) is 60.9 Å². The molecule has 1 aromatic heterocycles. The van der Waals surface area contributed by atoms with Crippen molar-refractivity contribution >= 4 is 22.8 Å². The predicted octanol–water partition coefficient (Wildman–Crippen LogP) is 2.44. The lowest BCUT2D eigenvalue weighted by atomic mass is 9.77. The van der Waals surface area contributed by atoms with Gasteiger partial charge < -0.3 is 39.4 Å². The van der Waals surface area contributed by atoms with E-state index in [0.29, 0.717) is 22.1 Å². The Labute approximate surface area is 268 Å². The minimum absolute atomic E-state index is 0.0607. The summed E-state index contributed by atoms with van der Waals surface area (Å²) in [6, 6.07) is 16.0. The fourth-order valence-corrected chi connectivity index (χ4v) is 6.31. The summed E-state index contributed by atoms with van der Waals surface area (Å²) in [6.07, 6.45) is -0.904. The lowest BCUT2D eigenvalue weighted by Gasteiger charge is -2.40. The number of para-hydroxylation sites is 1. The average molecular weight is 645 g/mol. The van der Waals surface area contributed by atoms with Crippen molar-refractivity contribution in [1.29, 1.82) is 0 Å². The smallest absolute Gasteiger partial charge is 0.349 e. The Hall–Kier alpha value is -5.04. The number of aliphatic hydroxyl groups excluding tert-OH is 3.